The molecule has 164 valence electrons. The van der Waals surface area contributed by atoms with E-state index in [1.165, 1.54) is 30.5 Å². The standard InChI is InChI=1S/C22H34N6O2/c23-11-19-17-10-15(6-7-16(17)21(29)26-25-19)18-12-24-28-9-8-27(13-20(18)28)22(30)14-4-2-1-3-5-14/h12,14-17,19,25H,1-11,13,23H2,(H,26,29). The Balaban J connectivity index is 1.32. The van der Waals surface area contributed by atoms with E-state index in [2.05, 4.69) is 25.5 Å². The minimum absolute atomic E-state index is 0.0480. The summed E-state index contributed by atoms with van der Waals surface area (Å²) in [5, 5.41) is 4.66. The van der Waals surface area contributed by atoms with E-state index in [0.29, 0.717) is 24.9 Å². The van der Waals surface area contributed by atoms with Crippen LogP contribution in [0.3, 0.4) is 0 Å². The molecule has 3 fully saturated rings. The van der Waals surface area contributed by atoms with Crippen molar-refractivity contribution in [2.24, 2.45) is 23.5 Å². The predicted octanol–water partition coefficient (Wildman–Crippen LogP) is 1.27. The van der Waals surface area contributed by atoms with Crippen LogP contribution in [0.5, 0.6) is 0 Å². The predicted molar refractivity (Wildman–Crippen MR) is 112 cm³/mol. The topological polar surface area (TPSA) is 105 Å². The molecule has 0 spiro atoms. The van der Waals surface area contributed by atoms with Crippen molar-refractivity contribution in [2.75, 3.05) is 13.1 Å². The van der Waals surface area contributed by atoms with Crippen LogP contribution >= 0.6 is 0 Å². The number of carbonyl (C=O) groups is 2. The molecule has 2 aliphatic carbocycles. The lowest BCUT2D eigenvalue weighted by molar-refractivity contribution is -0.138. The number of nitrogens with zero attached hydrogens (tertiary/aromatic N) is 3. The molecule has 3 heterocycles. The molecule has 0 aromatic carbocycles. The smallest absolute Gasteiger partial charge is 0.237 e. The van der Waals surface area contributed by atoms with E-state index < -0.39 is 0 Å². The van der Waals surface area contributed by atoms with Gasteiger partial charge in [0.25, 0.3) is 0 Å². The van der Waals surface area contributed by atoms with Crippen LogP contribution in [0.4, 0.5) is 0 Å². The maximum Gasteiger partial charge on any atom is 0.237 e. The quantitative estimate of drug-likeness (QED) is 0.691. The molecule has 5 rings (SSSR count). The van der Waals surface area contributed by atoms with Gasteiger partial charge in [0.1, 0.15) is 0 Å². The lowest BCUT2D eigenvalue weighted by Crippen LogP contribution is -2.62. The summed E-state index contributed by atoms with van der Waals surface area (Å²) in [5.74, 6) is 1.33. The molecule has 1 saturated heterocycles. The van der Waals surface area contributed by atoms with Gasteiger partial charge in [-0.25, -0.2) is 5.43 Å². The van der Waals surface area contributed by atoms with Crippen molar-refractivity contribution in [1.82, 2.24) is 25.5 Å². The highest BCUT2D eigenvalue weighted by molar-refractivity contribution is 5.80. The first-order valence-electron chi connectivity index (χ1n) is 11.7. The normalized spacial score (nSPS) is 32.3. The third kappa shape index (κ3) is 3.54. The second-order valence-corrected chi connectivity index (χ2v) is 9.62. The van der Waals surface area contributed by atoms with Crippen molar-refractivity contribution < 1.29 is 9.59 Å². The number of hydrogen-bond donors (Lipinski definition) is 3. The van der Waals surface area contributed by atoms with E-state index in [1.807, 2.05) is 6.20 Å². The molecular weight excluding hydrogens is 380 g/mol. The monoisotopic (exact) mass is 414 g/mol. The summed E-state index contributed by atoms with van der Waals surface area (Å²) in [6, 6.07) is 0.117. The van der Waals surface area contributed by atoms with Gasteiger partial charge in [-0.2, -0.15) is 5.10 Å². The third-order valence-electron chi connectivity index (χ3n) is 8.00. The van der Waals surface area contributed by atoms with Crippen LogP contribution in [0.15, 0.2) is 6.20 Å². The Kier molecular flexibility index (Phi) is 5.54. The van der Waals surface area contributed by atoms with Crippen molar-refractivity contribution in [3.8, 4) is 0 Å². The summed E-state index contributed by atoms with van der Waals surface area (Å²) >= 11 is 0. The summed E-state index contributed by atoms with van der Waals surface area (Å²) in [4.78, 5) is 27.5. The van der Waals surface area contributed by atoms with Gasteiger partial charge in [-0.15, -0.1) is 0 Å². The van der Waals surface area contributed by atoms with Crippen LogP contribution in [-0.2, 0) is 22.7 Å². The van der Waals surface area contributed by atoms with Crippen molar-refractivity contribution in [2.45, 2.75) is 76.4 Å². The number of nitrogens with two attached hydrogens (primary N) is 1. The molecule has 4 aliphatic rings. The Morgan fingerprint density at radius 2 is 2.00 bits per heavy atom. The maximum absolute atomic E-state index is 13.1. The Labute approximate surface area is 177 Å². The minimum atomic E-state index is 0.0480. The van der Waals surface area contributed by atoms with Crippen LogP contribution in [0.1, 0.15) is 68.5 Å². The Hall–Kier alpha value is -1.93. The molecule has 0 radical (unpaired) electrons. The van der Waals surface area contributed by atoms with Crippen molar-refractivity contribution in [3.63, 3.8) is 0 Å². The molecule has 4 atom stereocenters. The number of rotatable bonds is 3. The average Bonchev–Trinajstić information content (AvgIpc) is 3.22. The summed E-state index contributed by atoms with van der Waals surface area (Å²) in [6.45, 7) is 2.73. The van der Waals surface area contributed by atoms with Crippen molar-refractivity contribution in [3.05, 3.63) is 17.5 Å². The maximum atomic E-state index is 13.1. The van der Waals surface area contributed by atoms with Gasteiger partial charge in [-0.3, -0.25) is 19.7 Å². The summed E-state index contributed by atoms with van der Waals surface area (Å²) in [6.07, 6.45) is 10.6. The fourth-order valence-corrected chi connectivity index (χ4v) is 6.26. The largest absolute Gasteiger partial charge is 0.335 e. The SMILES string of the molecule is NCC1NNC(=O)C2CCC(c3cnn4c3CN(C(=O)C3CCCCC3)CC4)CC12. The fourth-order valence-electron chi connectivity index (χ4n) is 6.26. The van der Waals surface area contributed by atoms with Gasteiger partial charge in [-0.1, -0.05) is 19.3 Å². The Morgan fingerprint density at radius 1 is 1.17 bits per heavy atom. The molecule has 4 unspecified atom stereocenters. The van der Waals surface area contributed by atoms with Gasteiger partial charge < -0.3 is 10.6 Å². The first-order valence-corrected chi connectivity index (χ1v) is 11.7. The first-order chi connectivity index (χ1) is 14.7. The molecule has 2 amide bonds. The number of nitrogens with one attached hydrogen (secondary N) is 2. The lowest BCUT2D eigenvalue weighted by Gasteiger charge is -2.43. The van der Waals surface area contributed by atoms with Gasteiger partial charge in [0.05, 0.1) is 25.0 Å². The van der Waals surface area contributed by atoms with E-state index in [1.54, 1.807) is 0 Å². The molecule has 1 aromatic rings. The molecule has 1 aromatic heterocycles. The lowest BCUT2D eigenvalue weighted by atomic mass is 9.68. The summed E-state index contributed by atoms with van der Waals surface area (Å²) < 4.78 is 2.10. The molecule has 8 heteroatoms. The van der Waals surface area contributed by atoms with Gasteiger partial charge in [0, 0.05) is 31.0 Å². The zero-order valence-corrected chi connectivity index (χ0v) is 17.7. The second-order valence-electron chi connectivity index (χ2n) is 9.62. The van der Waals surface area contributed by atoms with E-state index in [0.717, 1.165) is 45.2 Å². The highest BCUT2D eigenvalue weighted by Gasteiger charge is 2.43. The van der Waals surface area contributed by atoms with Crippen LogP contribution < -0.4 is 16.6 Å². The molecule has 2 aliphatic heterocycles. The highest BCUT2D eigenvalue weighted by Crippen LogP contribution is 2.43. The number of fused-ring (bicyclic) bond motifs is 2. The van der Waals surface area contributed by atoms with Crippen LogP contribution in [0.2, 0.25) is 0 Å². The summed E-state index contributed by atoms with van der Waals surface area (Å²) in [7, 11) is 0. The second kappa shape index (κ2) is 8.30. The molecule has 2 saturated carbocycles. The van der Waals surface area contributed by atoms with E-state index in [9.17, 15) is 9.59 Å². The van der Waals surface area contributed by atoms with Crippen LogP contribution in [-0.4, -0.2) is 45.6 Å². The molecule has 4 N–H and O–H groups in total. The van der Waals surface area contributed by atoms with Crippen LogP contribution in [0.25, 0.3) is 0 Å². The fraction of sp³-hybridized carbons (Fsp3) is 0.773. The zero-order chi connectivity index (χ0) is 20.7. The Morgan fingerprint density at radius 3 is 2.80 bits per heavy atom. The van der Waals surface area contributed by atoms with E-state index >= 15 is 0 Å². The number of hydrogen-bond acceptors (Lipinski definition) is 5. The Bertz CT molecular complexity index is 802. The molecule has 0 bridgehead atoms. The van der Waals surface area contributed by atoms with E-state index in [4.69, 9.17) is 5.73 Å². The minimum Gasteiger partial charge on any atom is -0.335 e. The van der Waals surface area contributed by atoms with Gasteiger partial charge in [-0.05, 0) is 49.5 Å². The number of aromatic nitrogens is 2. The van der Waals surface area contributed by atoms with Gasteiger partial charge >= 0.3 is 0 Å². The molecule has 30 heavy (non-hydrogen) atoms. The third-order valence-corrected chi connectivity index (χ3v) is 8.00. The van der Waals surface area contributed by atoms with E-state index in [-0.39, 0.29) is 29.7 Å². The van der Waals surface area contributed by atoms with Gasteiger partial charge in [0.15, 0.2) is 0 Å². The van der Waals surface area contributed by atoms with Crippen molar-refractivity contribution >= 4 is 11.8 Å². The van der Waals surface area contributed by atoms with Gasteiger partial charge in [0.2, 0.25) is 11.8 Å². The highest BCUT2D eigenvalue weighted by atomic mass is 16.2. The van der Waals surface area contributed by atoms with Crippen LogP contribution in [0, 0.1) is 17.8 Å². The number of amides is 2. The number of hydrazine groups is 1. The zero-order valence-electron chi connectivity index (χ0n) is 17.7. The molecular formula is C22H34N6O2. The molecule has 8 nitrogen and oxygen atoms in total. The first kappa shape index (κ1) is 20.0. The number of carbonyl (C=O) groups excluding carboxylic acids is 2. The summed E-state index contributed by atoms with van der Waals surface area (Å²) in [5.41, 5.74) is 14.4. The van der Waals surface area contributed by atoms with Crippen molar-refractivity contribution in [1.29, 1.82) is 0 Å². The average molecular weight is 415 g/mol.